The second-order valence-electron chi connectivity index (χ2n) is 5.45. The zero-order valence-electron chi connectivity index (χ0n) is 13.0. The number of nitrogens with two attached hydrogens (primary N) is 1. The summed E-state index contributed by atoms with van der Waals surface area (Å²) in [5, 5.41) is 2.85. The molecule has 0 aliphatic rings. The van der Waals surface area contributed by atoms with Gasteiger partial charge in [-0.25, -0.2) is 0 Å². The van der Waals surface area contributed by atoms with Crippen LogP contribution in [0.5, 0.6) is 5.75 Å². The van der Waals surface area contributed by atoms with E-state index in [2.05, 4.69) is 28.2 Å². The molecule has 118 valence electrons. The predicted molar refractivity (Wildman–Crippen MR) is 89.5 cm³/mol. The van der Waals surface area contributed by atoms with Crippen LogP contribution in [0.2, 0.25) is 0 Å². The van der Waals surface area contributed by atoms with Gasteiger partial charge >= 0.3 is 0 Å². The molecule has 3 N–H and O–H groups in total. The van der Waals surface area contributed by atoms with Crippen LogP contribution in [0.15, 0.2) is 22.7 Å². The van der Waals surface area contributed by atoms with Crippen LogP contribution in [0.3, 0.4) is 0 Å². The van der Waals surface area contributed by atoms with Gasteiger partial charge < -0.3 is 15.8 Å². The van der Waals surface area contributed by atoms with E-state index in [1.54, 1.807) is 0 Å². The first kappa shape index (κ1) is 18.0. The lowest BCUT2D eigenvalue weighted by Gasteiger charge is -2.15. The number of hydrogen-bond acceptors (Lipinski definition) is 3. The first-order chi connectivity index (χ1) is 9.92. The molecule has 0 fully saturated rings. The topological polar surface area (TPSA) is 64.3 Å². The van der Waals surface area contributed by atoms with E-state index in [0.29, 0.717) is 13.0 Å². The summed E-state index contributed by atoms with van der Waals surface area (Å²) in [6, 6.07) is 6.15. The first-order valence-corrected chi connectivity index (χ1v) is 8.17. The molecule has 0 aromatic heterocycles. The third-order valence-corrected chi connectivity index (χ3v) is 3.56. The number of hydrogen-bond donors (Lipinski definition) is 2. The molecule has 5 heteroatoms. The summed E-state index contributed by atoms with van der Waals surface area (Å²) in [5.41, 5.74) is 7.09. The standard InChI is InChI=1S/C16H25BrN2O2/c1-4-14(18)10-12-9-13(17)5-6-15(12)21-8-7-16(20)19-11(2)3/h5-6,9,11,14H,4,7-8,10,18H2,1-3H3,(H,19,20). The Kier molecular flexibility index (Phi) is 7.75. The predicted octanol–water partition coefficient (Wildman–Crippen LogP) is 3.02. The average Bonchev–Trinajstić information content (AvgIpc) is 2.40. The van der Waals surface area contributed by atoms with E-state index in [4.69, 9.17) is 10.5 Å². The van der Waals surface area contributed by atoms with Crippen molar-refractivity contribution in [2.75, 3.05) is 6.61 Å². The van der Waals surface area contributed by atoms with Gasteiger partial charge in [0, 0.05) is 16.6 Å². The van der Waals surface area contributed by atoms with E-state index in [0.717, 1.165) is 28.6 Å². The molecular formula is C16H25BrN2O2. The number of ether oxygens (including phenoxy) is 1. The number of carbonyl (C=O) groups excluding carboxylic acids is 1. The molecule has 0 heterocycles. The fraction of sp³-hybridized carbons (Fsp3) is 0.562. The summed E-state index contributed by atoms with van der Waals surface area (Å²) >= 11 is 3.47. The summed E-state index contributed by atoms with van der Waals surface area (Å²) in [6.45, 7) is 6.32. The quantitative estimate of drug-likeness (QED) is 0.752. The van der Waals surface area contributed by atoms with Crippen LogP contribution < -0.4 is 15.8 Å². The van der Waals surface area contributed by atoms with Gasteiger partial charge in [0.05, 0.1) is 13.0 Å². The van der Waals surface area contributed by atoms with Gasteiger partial charge in [-0.1, -0.05) is 22.9 Å². The molecule has 21 heavy (non-hydrogen) atoms. The number of carbonyl (C=O) groups is 1. The lowest BCUT2D eigenvalue weighted by atomic mass is 10.0. The number of nitrogens with one attached hydrogen (secondary N) is 1. The third kappa shape index (κ3) is 6.96. The summed E-state index contributed by atoms with van der Waals surface area (Å²) in [6.07, 6.45) is 2.04. The van der Waals surface area contributed by atoms with Crippen molar-refractivity contribution in [3.05, 3.63) is 28.2 Å². The van der Waals surface area contributed by atoms with Gasteiger partial charge in [-0.2, -0.15) is 0 Å². The molecule has 1 atom stereocenters. The minimum atomic E-state index is 0.00826. The molecule has 1 aromatic rings. The zero-order valence-corrected chi connectivity index (χ0v) is 14.6. The van der Waals surface area contributed by atoms with E-state index in [-0.39, 0.29) is 18.0 Å². The summed E-state index contributed by atoms with van der Waals surface area (Å²) in [7, 11) is 0. The Morgan fingerprint density at radius 2 is 2.14 bits per heavy atom. The molecule has 0 saturated carbocycles. The van der Waals surface area contributed by atoms with Gasteiger partial charge in [-0.15, -0.1) is 0 Å². The number of benzene rings is 1. The van der Waals surface area contributed by atoms with Crippen molar-refractivity contribution < 1.29 is 9.53 Å². The molecule has 4 nitrogen and oxygen atoms in total. The maximum absolute atomic E-state index is 11.6. The molecule has 0 radical (unpaired) electrons. The molecule has 0 aliphatic heterocycles. The average molecular weight is 357 g/mol. The lowest BCUT2D eigenvalue weighted by Crippen LogP contribution is -2.31. The van der Waals surface area contributed by atoms with Crippen molar-refractivity contribution in [2.45, 2.75) is 52.1 Å². The van der Waals surface area contributed by atoms with Crippen LogP contribution in [-0.2, 0) is 11.2 Å². The molecule has 1 unspecified atom stereocenters. The highest BCUT2D eigenvalue weighted by atomic mass is 79.9. The summed E-state index contributed by atoms with van der Waals surface area (Å²) in [5.74, 6) is 0.813. The molecule has 0 aliphatic carbocycles. The van der Waals surface area contributed by atoms with Gasteiger partial charge in [0.2, 0.25) is 5.91 Å². The SMILES string of the molecule is CCC(N)Cc1cc(Br)ccc1OCCC(=O)NC(C)C. The van der Waals surface area contributed by atoms with Crippen LogP contribution in [-0.4, -0.2) is 24.6 Å². The molecule has 0 spiro atoms. The minimum absolute atomic E-state index is 0.00826. The Labute approximate surface area is 135 Å². The molecule has 1 amide bonds. The summed E-state index contributed by atoms with van der Waals surface area (Å²) in [4.78, 5) is 11.6. The second-order valence-corrected chi connectivity index (χ2v) is 6.36. The second kappa shape index (κ2) is 9.05. The Balaban J connectivity index is 2.59. The van der Waals surface area contributed by atoms with Crippen molar-refractivity contribution >= 4 is 21.8 Å². The van der Waals surface area contributed by atoms with E-state index in [1.165, 1.54) is 0 Å². The van der Waals surface area contributed by atoms with E-state index in [9.17, 15) is 4.79 Å². The molecular weight excluding hydrogens is 332 g/mol. The molecule has 0 saturated heterocycles. The monoisotopic (exact) mass is 356 g/mol. The highest BCUT2D eigenvalue weighted by Gasteiger charge is 2.10. The number of rotatable bonds is 8. The highest BCUT2D eigenvalue weighted by Crippen LogP contribution is 2.25. The minimum Gasteiger partial charge on any atom is -0.493 e. The Morgan fingerprint density at radius 3 is 2.76 bits per heavy atom. The lowest BCUT2D eigenvalue weighted by molar-refractivity contribution is -0.122. The highest BCUT2D eigenvalue weighted by molar-refractivity contribution is 9.10. The van der Waals surface area contributed by atoms with Crippen LogP contribution in [0.4, 0.5) is 0 Å². The maximum Gasteiger partial charge on any atom is 0.223 e. The van der Waals surface area contributed by atoms with Crippen molar-refractivity contribution in [2.24, 2.45) is 5.73 Å². The fourth-order valence-corrected chi connectivity index (χ4v) is 2.33. The Morgan fingerprint density at radius 1 is 1.43 bits per heavy atom. The van der Waals surface area contributed by atoms with Crippen LogP contribution in [0.1, 0.15) is 39.2 Å². The third-order valence-electron chi connectivity index (χ3n) is 3.07. The van der Waals surface area contributed by atoms with Gasteiger partial charge in [0.25, 0.3) is 0 Å². The maximum atomic E-state index is 11.6. The number of amides is 1. The van der Waals surface area contributed by atoms with Crippen LogP contribution in [0, 0.1) is 0 Å². The van der Waals surface area contributed by atoms with Crippen LogP contribution >= 0.6 is 15.9 Å². The largest absolute Gasteiger partial charge is 0.493 e. The van der Waals surface area contributed by atoms with Crippen molar-refractivity contribution in [3.63, 3.8) is 0 Å². The van der Waals surface area contributed by atoms with E-state index in [1.807, 2.05) is 32.0 Å². The van der Waals surface area contributed by atoms with Gasteiger partial charge in [0.15, 0.2) is 0 Å². The summed E-state index contributed by atoms with van der Waals surface area (Å²) < 4.78 is 6.76. The zero-order chi connectivity index (χ0) is 15.8. The normalized spacial score (nSPS) is 12.3. The van der Waals surface area contributed by atoms with Crippen LogP contribution in [0.25, 0.3) is 0 Å². The van der Waals surface area contributed by atoms with Gasteiger partial charge in [-0.3, -0.25) is 4.79 Å². The van der Waals surface area contributed by atoms with E-state index >= 15 is 0 Å². The first-order valence-electron chi connectivity index (χ1n) is 7.38. The number of halogens is 1. The van der Waals surface area contributed by atoms with Gasteiger partial charge in [0.1, 0.15) is 5.75 Å². The smallest absolute Gasteiger partial charge is 0.223 e. The molecule has 0 bridgehead atoms. The van der Waals surface area contributed by atoms with Gasteiger partial charge in [-0.05, 0) is 50.5 Å². The van der Waals surface area contributed by atoms with Crippen molar-refractivity contribution in [1.82, 2.24) is 5.32 Å². The Hall–Kier alpha value is -1.07. The van der Waals surface area contributed by atoms with Crippen molar-refractivity contribution in [1.29, 1.82) is 0 Å². The molecule has 1 rings (SSSR count). The molecule has 1 aromatic carbocycles. The Bertz CT molecular complexity index is 464. The van der Waals surface area contributed by atoms with Crippen molar-refractivity contribution in [3.8, 4) is 5.75 Å². The van der Waals surface area contributed by atoms with E-state index < -0.39 is 0 Å². The fourth-order valence-electron chi connectivity index (χ4n) is 1.92.